The first-order chi connectivity index (χ1) is 10.4. The van der Waals surface area contributed by atoms with Crippen LogP contribution in [0.3, 0.4) is 0 Å². The Kier molecular flexibility index (Phi) is 3.99. The van der Waals surface area contributed by atoms with Gasteiger partial charge in [-0.05, 0) is 40.4 Å². The molecular formula is C16H27N5O. The van der Waals surface area contributed by atoms with E-state index in [0.717, 1.165) is 31.7 Å². The van der Waals surface area contributed by atoms with Crippen LogP contribution >= 0.6 is 0 Å². The van der Waals surface area contributed by atoms with E-state index in [1.807, 2.05) is 25.6 Å². The summed E-state index contributed by atoms with van der Waals surface area (Å²) in [6.45, 7) is 6.67. The highest BCUT2D eigenvalue weighted by molar-refractivity contribution is 5.83. The molecule has 2 aliphatic rings. The summed E-state index contributed by atoms with van der Waals surface area (Å²) in [6, 6.07) is 2.90. The van der Waals surface area contributed by atoms with Gasteiger partial charge < -0.3 is 9.80 Å². The van der Waals surface area contributed by atoms with Crippen LogP contribution in [0.2, 0.25) is 0 Å². The van der Waals surface area contributed by atoms with E-state index in [4.69, 9.17) is 0 Å². The van der Waals surface area contributed by atoms with Crippen molar-refractivity contribution < 1.29 is 4.79 Å². The molecule has 0 unspecified atom stereocenters. The molecule has 2 fully saturated rings. The molecule has 2 saturated heterocycles. The van der Waals surface area contributed by atoms with Crippen molar-refractivity contribution in [2.75, 3.05) is 27.2 Å². The summed E-state index contributed by atoms with van der Waals surface area (Å²) in [4.78, 5) is 19.4. The number of aromatic nitrogens is 2. The monoisotopic (exact) mass is 305 g/mol. The van der Waals surface area contributed by atoms with Crippen LogP contribution in [-0.4, -0.2) is 75.7 Å². The third-order valence-electron chi connectivity index (χ3n) is 5.22. The summed E-state index contributed by atoms with van der Waals surface area (Å²) in [5, 5.41) is 4.41. The van der Waals surface area contributed by atoms with Gasteiger partial charge in [0, 0.05) is 38.8 Å². The topological polar surface area (TPSA) is 44.6 Å². The quantitative estimate of drug-likeness (QED) is 0.814. The van der Waals surface area contributed by atoms with Crippen LogP contribution in [-0.2, 0) is 18.4 Å². The van der Waals surface area contributed by atoms with Gasteiger partial charge in [0.05, 0.1) is 17.4 Å². The number of rotatable bonds is 3. The van der Waals surface area contributed by atoms with Crippen molar-refractivity contribution in [3.05, 3.63) is 17.5 Å². The number of fused-ring (bicyclic) bond motifs is 1. The summed E-state index contributed by atoms with van der Waals surface area (Å²) < 4.78 is 1.93. The lowest BCUT2D eigenvalue weighted by Gasteiger charge is -2.41. The molecule has 3 heterocycles. The van der Waals surface area contributed by atoms with Gasteiger partial charge in [0.2, 0.25) is 5.91 Å². The predicted molar refractivity (Wildman–Crippen MR) is 85.4 cm³/mol. The van der Waals surface area contributed by atoms with E-state index in [1.54, 1.807) is 0 Å². The number of hydrogen-bond donors (Lipinski definition) is 0. The Morgan fingerprint density at radius 2 is 2.09 bits per heavy atom. The van der Waals surface area contributed by atoms with Crippen LogP contribution in [0.25, 0.3) is 0 Å². The second kappa shape index (κ2) is 5.66. The van der Waals surface area contributed by atoms with E-state index in [0.29, 0.717) is 12.1 Å². The fraction of sp³-hybridized carbons (Fsp3) is 0.750. The zero-order valence-corrected chi connectivity index (χ0v) is 14.3. The van der Waals surface area contributed by atoms with Crippen molar-refractivity contribution in [2.45, 2.75) is 44.9 Å². The molecule has 6 heteroatoms. The fourth-order valence-corrected chi connectivity index (χ4v) is 3.76. The standard InChI is InChI=1S/C16H27N5O/c1-11-6-14(19(5)17-11)8-20-9-15-7-13(18(3)4)10-21(15)16(22)12(20)2/h6,12-13,15H,7-10H2,1-5H3/t12-,13-,15-/m0/s1. The highest BCUT2D eigenvalue weighted by Crippen LogP contribution is 2.28. The molecule has 1 aromatic rings. The van der Waals surface area contributed by atoms with Crippen LogP contribution < -0.4 is 0 Å². The molecule has 1 aromatic heterocycles. The maximum absolute atomic E-state index is 12.7. The Morgan fingerprint density at radius 1 is 1.36 bits per heavy atom. The lowest BCUT2D eigenvalue weighted by Crippen LogP contribution is -2.58. The number of carbonyl (C=O) groups excluding carboxylic acids is 1. The summed E-state index contributed by atoms with van der Waals surface area (Å²) in [6.07, 6.45) is 1.08. The molecule has 0 saturated carbocycles. The van der Waals surface area contributed by atoms with Gasteiger partial charge in [-0.3, -0.25) is 14.4 Å². The van der Waals surface area contributed by atoms with Crippen molar-refractivity contribution in [1.29, 1.82) is 0 Å². The van der Waals surface area contributed by atoms with Gasteiger partial charge in [0.15, 0.2) is 0 Å². The van der Waals surface area contributed by atoms with E-state index in [9.17, 15) is 4.79 Å². The summed E-state index contributed by atoms with van der Waals surface area (Å²) in [5.41, 5.74) is 2.21. The molecule has 3 rings (SSSR count). The van der Waals surface area contributed by atoms with Crippen LogP contribution in [0.1, 0.15) is 24.7 Å². The first-order valence-corrected chi connectivity index (χ1v) is 8.07. The van der Waals surface area contributed by atoms with Crippen LogP contribution in [0.4, 0.5) is 0 Å². The summed E-state index contributed by atoms with van der Waals surface area (Å²) >= 11 is 0. The molecule has 1 amide bonds. The lowest BCUT2D eigenvalue weighted by molar-refractivity contribution is -0.143. The maximum atomic E-state index is 12.7. The molecule has 6 nitrogen and oxygen atoms in total. The number of likely N-dealkylation sites (N-methyl/N-ethyl adjacent to an activating group) is 1. The number of aryl methyl sites for hydroxylation is 2. The molecule has 122 valence electrons. The molecule has 0 bridgehead atoms. The van der Waals surface area contributed by atoms with E-state index in [1.165, 1.54) is 5.69 Å². The van der Waals surface area contributed by atoms with Crippen molar-refractivity contribution in [3.8, 4) is 0 Å². The number of nitrogens with zero attached hydrogens (tertiary/aromatic N) is 5. The Bertz CT molecular complexity index is 567. The smallest absolute Gasteiger partial charge is 0.240 e. The zero-order chi connectivity index (χ0) is 16.0. The van der Waals surface area contributed by atoms with E-state index in [-0.39, 0.29) is 11.9 Å². The van der Waals surface area contributed by atoms with Crippen LogP contribution in [0.15, 0.2) is 6.07 Å². The van der Waals surface area contributed by atoms with Crippen LogP contribution in [0, 0.1) is 6.92 Å². The SMILES string of the molecule is Cc1cc(CN2C[C@@H]3C[C@H](N(C)C)CN3C(=O)[C@@H]2C)n(C)n1. The third-order valence-corrected chi connectivity index (χ3v) is 5.22. The highest BCUT2D eigenvalue weighted by Gasteiger charge is 2.44. The Labute approximate surface area is 132 Å². The van der Waals surface area contributed by atoms with Crippen molar-refractivity contribution >= 4 is 5.91 Å². The Hall–Kier alpha value is -1.40. The average molecular weight is 305 g/mol. The number of amides is 1. The van der Waals surface area contributed by atoms with Gasteiger partial charge >= 0.3 is 0 Å². The van der Waals surface area contributed by atoms with Gasteiger partial charge in [-0.2, -0.15) is 5.10 Å². The predicted octanol–water partition coefficient (Wildman–Crippen LogP) is 0.464. The van der Waals surface area contributed by atoms with Crippen molar-refractivity contribution in [2.24, 2.45) is 7.05 Å². The number of piperazine rings is 1. The number of hydrogen-bond acceptors (Lipinski definition) is 4. The number of carbonyl (C=O) groups is 1. The molecule has 0 aromatic carbocycles. The lowest BCUT2D eigenvalue weighted by atomic mass is 10.1. The van der Waals surface area contributed by atoms with Gasteiger partial charge in [-0.15, -0.1) is 0 Å². The van der Waals surface area contributed by atoms with Gasteiger partial charge in [0.1, 0.15) is 0 Å². The van der Waals surface area contributed by atoms with Crippen molar-refractivity contribution in [1.82, 2.24) is 24.5 Å². The largest absolute Gasteiger partial charge is 0.335 e. The minimum Gasteiger partial charge on any atom is -0.335 e. The Balaban J connectivity index is 1.75. The van der Waals surface area contributed by atoms with Crippen molar-refractivity contribution in [3.63, 3.8) is 0 Å². The van der Waals surface area contributed by atoms with Gasteiger partial charge in [0.25, 0.3) is 0 Å². The molecule has 0 aliphatic carbocycles. The second-order valence-electron chi connectivity index (χ2n) is 7.00. The van der Waals surface area contributed by atoms with Gasteiger partial charge in [-0.25, -0.2) is 0 Å². The maximum Gasteiger partial charge on any atom is 0.240 e. The molecular weight excluding hydrogens is 278 g/mol. The molecule has 0 radical (unpaired) electrons. The Morgan fingerprint density at radius 3 is 2.68 bits per heavy atom. The van der Waals surface area contributed by atoms with E-state index in [2.05, 4.69) is 40.0 Å². The van der Waals surface area contributed by atoms with Crippen LogP contribution in [0.5, 0.6) is 0 Å². The molecule has 22 heavy (non-hydrogen) atoms. The second-order valence-corrected chi connectivity index (χ2v) is 7.00. The molecule has 0 spiro atoms. The van der Waals surface area contributed by atoms with Gasteiger partial charge in [-0.1, -0.05) is 0 Å². The molecule has 3 atom stereocenters. The molecule has 0 N–H and O–H groups in total. The summed E-state index contributed by atoms with van der Waals surface area (Å²) in [5.74, 6) is 0.277. The third kappa shape index (κ3) is 2.65. The van der Waals surface area contributed by atoms with E-state index >= 15 is 0 Å². The van der Waals surface area contributed by atoms with E-state index < -0.39 is 0 Å². The minimum absolute atomic E-state index is 0.0487. The summed E-state index contributed by atoms with van der Waals surface area (Å²) in [7, 11) is 6.18. The minimum atomic E-state index is -0.0487. The highest BCUT2D eigenvalue weighted by atomic mass is 16.2. The zero-order valence-electron chi connectivity index (χ0n) is 14.3. The first-order valence-electron chi connectivity index (χ1n) is 8.07. The first kappa shape index (κ1) is 15.5. The average Bonchev–Trinajstić information content (AvgIpc) is 3.00. The fourth-order valence-electron chi connectivity index (χ4n) is 3.76. The normalized spacial score (nSPS) is 29.5. The molecule has 2 aliphatic heterocycles.